The number of nitrogens with zero attached hydrogens (tertiary/aromatic N) is 2. The molecular weight excluding hydrogens is 312 g/mol. The number of amides is 3. The van der Waals surface area contributed by atoms with E-state index in [4.69, 9.17) is 10.00 Å². The molecule has 2 N–H and O–H groups in total. The number of nitrogens with one attached hydrogen (secondary N) is 2. The van der Waals surface area contributed by atoms with Crippen molar-refractivity contribution >= 4 is 29.7 Å². The minimum Gasteiger partial charge on any atom is -0.451 e. The molecule has 3 amide bonds. The summed E-state index contributed by atoms with van der Waals surface area (Å²) in [6, 6.07) is 8.18. The first-order valence-corrected chi connectivity index (χ1v) is 6.95. The second-order valence-corrected chi connectivity index (χ2v) is 4.86. The molecule has 0 radical (unpaired) electrons. The lowest BCUT2D eigenvalue weighted by Crippen LogP contribution is -2.39. The highest BCUT2D eigenvalue weighted by Gasteiger charge is 2.14. The molecular formula is C16H18N4O4. The third kappa shape index (κ3) is 5.81. The molecule has 0 aromatic heterocycles. The fraction of sp³-hybridized carbons (Fsp3) is 0.250. The minimum absolute atomic E-state index is 0.250. The Bertz CT molecular complexity index is 687. The maximum absolute atomic E-state index is 11.8. The molecule has 0 spiro atoms. The quantitative estimate of drug-likeness (QED) is 0.466. The van der Waals surface area contributed by atoms with Gasteiger partial charge in [-0.1, -0.05) is 12.1 Å². The molecule has 24 heavy (non-hydrogen) atoms. The van der Waals surface area contributed by atoms with Gasteiger partial charge in [-0.25, -0.2) is 9.59 Å². The number of imide groups is 1. The SMILES string of the molecule is CNC(=O)NC(=O)COC(=O)/C(C#N)=C/c1ccc(N(C)C)cc1. The first-order valence-electron chi connectivity index (χ1n) is 6.95. The summed E-state index contributed by atoms with van der Waals surface area (Å²) < 4.78 is 4.71. The number of carbonyl (C=O) groups excluding carboxylic acids is 3. The van der Waals surface area contributed by atoms with Gasteiger partial charge in [0.25, 0.3) is 5.91 Å². The van der Waals surface area contributed by atoms with Crippen molar-refractivity contribution in [3.05, 3.63) is 35.4 Å². The fourth-order valence-electron chi connectivity index (χ4n) is 1.61. The summed E-state index contributed by atoms with van der Waals surface area (Å²) in [5, 5.41) is 13.2. The Morgan fingerprint density at radius 1 is 1.25 bits per heavy atom. The highest BCUT2D eigenvalue weighted by atomic mass is 16.5. The number of esters is 1. The van der Waals surface area contributed by atoms with Gasteiger partial charge < -0.3 is 15.0 Å². The van der Waals surface area contributed by atoms with Crippen molar-refractivity contribution in [2.75, 3.05) is 32.6 Å². The molecule has 1 aromatic rings. The number of rotatable bonds is 5. The van der Waals surface area contributed by atoms with Crippen molar-refractivity contribution in [3.63, 3.8) is 0 Å². The van der Waals surface area contributed by atoms with Crippen molar-refractivity contribution in [2.45, 2.75) is 0 Å². The normalized spacial score (nSPS) is 10.3. The maximum Gasteiger partial charge on any atom is 0.349 e. The second kappa shape index (κ2) is 8.95. The number of anilines is 1. The Balaban J connectivity index is 2.71. The summed E-state index contributed by atoms with van der Waals surface area (Å²) in [5.41, 5.74) is 1.36. The van der Waals surface area contributed by atoms with E-state index in [1.165, 1.54) is 13.1 Å². The van der Waals surface area contributed by atoms with Crippen LogP contribution in [0.3, 0.4) is 0 Å². The molecule has 0 saturated carbocycles. The van der Waals surface area contributed by atoms with Crippen LogP contribution >= 0.6 is 0 Å². The lowest BCUT2D eigenvalue weighted by Gasteiger charge is -2.11. The van der Waals surface area contributed by atoms with Gasteiger partial charge in [0.15, 0.2) is 6.61 Å². The molecule has 8 heteroatoms. The second-order valence-electron chi connectivity index (χ2n) is 4.86. The molecule has 1 rings (SSSR count). The lowest BCUT2D eigenvalue weighted by atomic mass is 10.1. The van der Waals surface area contributed by atoms with Crippen molar-refractivity contribution in [1.82, 2.24) is 10.6 Å². The van der Waals surface area contributed by atoms with Crippen molar-refractivity contribution in [3.8, 4) is 6.07 Å². The van der Waals surface area contributed by atoms with Gasteiger partial charge in [0, 0.05) is 26.8 Å². The van der Waals surface area contributed by atoms with E-state index in [2.05, 4.69) is 5.32 Å². The predicted octanol–water partition coefficient (Wildman–Crippen LogP) is 0.658. The largest absolute Gasteiger partial charge is 0.451 e. The minimum atomic E-state index is -0.943. The van der Waals surface area contributed by atoms with Gasteiger partial charge in [0.05, 0.1) is 0 Å². The zero-order chi connectivity index (χ0) is 18.1. The molecule has 0 aliphatic rings. The van der Waals surface area contributed by atoms with E-state index < -0.39 is 24.5 Å². The fourth-order valence-corrected chi connectivity index (χ4v) is 1.61. The maximum atomic E-state index is 11.8. The van der Waals surface area contributed by atoms with E-state index in [-0.39, 0.29) is 5.57 Å². The van der Waals surface area contributed by atoms with Gasteiger partial charge in [-0.3, -0.25) is 10.1 Å². The number of benzene rings is 1. The molecule has 0 atom stereocenters. The molecule has 0 bridgehead atoms. The Morgan fingerprint density at radius 2 is 1.88 bits per heavy atom. The van der Waals surface area contributed by atoms with Crippen molar-refractivity contribution in [2.24, 2.45) is 0 Å². The van der Waals surface area contributed by atoms with E-state index >= 15 is 0 Å². The number of carbonyl (C=O) groups is 3. The summed E-state index contributed by atoms with van der Waals surface area (Å²) in [7, 11) is 5.13. The molecule has 0 heterocycles. The molecule has 1 aromatic carbocycles. The Hall–Kier alpha value is -3.34. The summed E-state index contributed by atoms with van der Waals surface area (Å²) in [4.78, 5) is 36.0. The Kier molecular flexibility index (Phi) is 6.97. The van der Waals surface area contributed by atoms with E-state index in [9.17, 15) is 14.4 Å². The summed E-state index contributed by atoms with van der Waals surface area (Å²) in [6.07, 6.45) is 1.36. The first kappa shape index (κ1) is 18.7. The molecule has 0 unspecified atom stereocenters. The van der Waals surface area contributed by atoms with Crippen LogP contribution in [-0.2, 0) is 14.3 Å². The van der Waals surface area contributed by atoms with Gasteiger partial charge in [-0.2, -0.15) is 5.26 Å². The van der Waals surface area contributed by atoms with Crippen molar-refractivity contribution < 1.29 is 19.1 Å². The van der Waals surface area contributed by atoms with Crippen LogP contribution in [0.5, 0.6) is 0 Å². The highest BCUT2D eigenvalue weighted by molar-refractivity contribution is 6.00. The van der Waals surface area contributed by atoms with Gasteiger partial charge in [-0.05, 0) is 23.8 Å². The van der Waals surface area contributed by atoms with E-state index in [1.807, 2.05) is 36.4 Å². The smallest absolute Gasteiger partial charge is 0.349 e. The Morgan fingerprint density at radius 3 is 2.38 bits per heavy atom. The summed E-state index contributed by atoms with van der Waals surface area (Å²) in [5.74, 6) is -1.74. The summed E-state index contributed by atoms with van der Waals surface area (Å²) in [6.45, 7) is -0.662. The molecule has 8 nitrogen and oxygen atoms in total. The highest BCUT2D eigenvalue weighted by Crippen LogP contribution is 2.15. The standard InChI is InChI=1S/C16H18N4O4/c1-18-16(23)19-14(21)10-24-15(22)12(9-17)8-11-4-6-13(7-5-11)20(2)3/h4-8H,10H2,1-3H3,(H2,18,19,21,23)/b12-8+. The monoisotopic (exact) mass is 330 g/mol. The lowest BCUT2D eigenvalue weighted by molar-refractivity contribution is -0.144. The summed E-state index contributed by atoms with van der Waals surface area (Å²) >= 11 is 0. The van der Waals surface area contributed by atoms with Crippen LogP contribution in [0.1, 0.15) is 5.56 Å². The Labute approximate surface area is 139 Å². The molecule has 126 valence electrons. The third-order valence-electron chi connectivity index (χ3n) is 2.88. The van der Waals surface area contributed by atoms with Gasteiger partial charge >= 0.3 is 12.0 Å². The number of urea groups is 1. The van der Waals surface area contributed by atoms with Gasteiger partial charge in [0.1, 0.15) is 11.6 Å². The van der Waals surface area contributed by atoms with Crippen LogP contribution in [0.4, 0.5) is 10.5 Å². The molecule has 0 fully saturated rings. The van der Waals surface area contributed by atoms with Gasteiger partial charge in [0.2, 0.25) is 0 Å². The van der Waals surface area contributed by atoms with E-state index in [0.29, 0.717) is 5.56 Å². The van der Waals surface area contributed by atoms with Crippen LogP contribution in [0.15, 0.2) is 29.8 Å². The van der Waals surface area contributed by atoms with Crippen molar-refractivity contribution in [1.29, 1.82) is 5.26 Å². The number of nitriles is 1. The van der Waals surface area contributed by atoms with Crippen LogP contribution < -0.4 is 15.5 Å². The van der Waals surface area contributed by atoms with E-state index in [0.717, 1.165) is 5.69 Å². The average Bonchev–Trinajstić information content (AvgIpc) is 2.57. The van der Waals surface area contributed by atoms with Crippen LogP contribution in [0.25, 0.3) is 6.08 Å². The predicted molar refractivity (Wildman–Crippen MR) is 87.9 cm³/mol. The van der Waals surface area contributed by atoms with Gasteiger partial charge in [-0.15, -0.1) is 0 Å². The van der Waals surface area contributed by atoms with Crippen LogP contribution in [0, 0.1) is 11.3 Å². The zero-order valence-corrected chi connectivity index (χ0v) is 13.6. The third-order valence-corrected chi connectivity index (χ3v) is 2.88. The zero-order valence-electron chi connectivity index (χ0n) is 13.6. The topological polar surface area (TPSA) is 112 Å². The number of ether oxygens (including phenoxy) is 1. The van der Waals surface area contributed by atoms with E-state index in [1.54, 1.807) is 18.2 Å². The number of hydrogen-bond donors (Lipinski definition) is 2. The molecule has 0 saturated heterocycles. The van der Waals surface area contributed by atoms with Crippen LogP contribution in [-0.4, -0.2) is 45.7 Å². The number of hydrogen-bond acceptors (Lipinski definition) is 6. The molecule has 0 aliphatic carbocycles. The first-order chi connectivity index (χ1) is 11.4. The van der Waals surface area contributed by atoms with Crippen LogP contribution in [0.2, 0.25) is 0 Å². The molecule has 0 aliphatic heterocycles. The average molecular weight is 330 g/mol.